The molecule has 8 heteroatoms. The minimum atomic E-state index is 0.516. The molecule has 0 saturated carbocycles. The molecular weight excluding hydrogens is 368 g/mol. The average Bonchev–Trinajstić information content (AvgIpc) is 3.21. The molecule has 0 unspecified atom stereocenters. The number of likely N-dealkylation sites (N-methyl/N-ethyl adjacent to an activating group) is 1. The number of nitrogens with one attached hydrogen (secondary N) is 2. The molecule has 2 rings (SSSR count). The lowest BCUT2D eigenvalue weighted by Gasteiger charge is -2.18. The zero-order valence-corrected chi connectivity index (χ0v) is 18.0. The molecule has 0 amide bonds. The van der Waals surface area contributed by atoms with Crippen LogP contribution in [-0.4, -0.2) is 74.7 Å². The predicted octanol–water partition coefficient (Wildman–Crippen LogP) is 1.90. The van der Waals surface area contributed by atoms with Crippen molar-refractivity contribution in [3.63, 3.8) is 0 Å². The molecule has 0 radical (unpaired) electrons. The van der Waals surface area contributed by atoms with Crippen molar-refractivity contribution in [2.24, 2.45) is 4.99 Å². The van der Waals surface area contributed by atoms with E-state index >= 15 is 0 Å². The van der Waals surface area contributed by atoms with Crippen molar-refractivity contribution in [2.75, 3.05) is 54.1 Å². The highest BCUT2D eigenvalue weighted by atomic mass is 16.5. The van der Waals surface area contributed by atoms with E-state index in [4.69, 9.17) is 9.47 Å². The quantitative estimate of drug-likeness (QED) is 0.321. The SMILES string of the molecule is CCNC(=NCc1ccn(-c2ccc(OC)cc2)n1)NCCN(C)CCCOC. The van der Waals surface area contributed by atoms with Crippen molar-refractivity contribution in [2.45, 2.75) is 19.9 Å². The van der Waals surface area contributed by atoms with Gasteiger partial charge in [0.1, 0.15) is 5.75 Å². The lowest BCUT2D eigenvalue weighted by atomic mass is 10.3. The normalized spacial score (nSPS) is 11.7. The molecule has 160 valence electrons. The second kappa shape index (κ2) is 12.8. The Kier molecular flexibility index (Phi) is 10.0. The number of rotatable bonds is 12. The Bertz CT molecular complexity index is 729. The number of nitrogens with zero attached hydrogens (tertiary/aromatic N) is 4. The monoisotopic (exact) mass is 402 g/mol. The van der Waals surface area contributed by atoms with Crippen molar-refractivity contribution in [1.29, 1.82) is 0 Å². The molecule has 0 aliphatic carbocycles. The van der Waals surface area contributed by atoms with Crippen molar-refractivity contribution in [3.8, 4) is 11.4 Å². The van der Waals surface area contributed by atoms with Crippen molar-refractivity contribution >= 4 is 5.96 Å². The summed E-state index contributed by atoms with van der Waals surface area (Å²) in [6.07, 6.45) is 2.99. The Hall–Kier alpha value is -2.58. The van der Waals surface area contributed by atoms with Gasteiger partial charge in [-0.15, -0.1) is 0 Å². The summed E-state index contributed by atoms with van der Waals surface area (Å²) in [6, 6.07) is 9.80. The Morgan fingerprint density at radius 2 is 1.93 bits per heavy atom. The summed E-state index contributed by atoms with van der Waals surface area (Å²) in [7, 11) is 5.52. The first-order valence-electron chi connectivity index (χ1n) is 10.0. The third-order valence-corrected chi connectivity index (χ3v) is 4.40. The second-order valence-electron chi connectivity index (χ2n) is 6.72. The van der Waals surface area contributed by atoms with Crippen LogP contribution < -0.4 is 15.4 Å². The van der Waals surface area contributed by atoms with Crippen LogP contribution in [0.2, 0.25) is 0 Å². The molecule has 0 bridgehead atoms. The van der Waals surface area contributed by atoms with Crippen LogP contribution in [-0.2, 0) is 11.3 Å². The predicted molar refractivity (Wildman–Crippen MR) is 117 cm³/mol. The van der Waals surface area contributed by atoms with E-state index in [0.29, 0.717) is 6.54 Å². The van der Waals surface area contributed by atoms with Crippen LogP contribution in [0, 0.1) is 0 Å². The molecule has 29 heavy (non-hydrogen) atoms. The van der Waals surface area contributed by atoms with Crippen LogP contribution in [0.4, 0.5) is 0 Å². The van der Waals surface area contributed by atoms with Gasteiger partial charge >= 0.3 is 0 Å². The van der Waals surface area contributed by atoms with Gasteiger partial charge in [0.2, 0.25) is 0 Å². The smallest absolute Gasteiger partial charge is 0.191 e. The highest BCUT2D eigenvalue weighted by molar-refractivity contribution is 5.79. The van der Waals surface area contributed by atoms with Crippen LogP contribution in [0.3, 0.4) is 0 Å². The summed E-state index contributed by atoms with van der Waals surface area (Å²) >= 11 is 0. The minimum absolute atomic E-state index is 0.516. The molecule has 0 aliphatic rings. The van der Waals surface area contributed by atoms with Crippen LogP contribution in [0.1, 0.15) is 19.0 Å². The van der Waals surface area contributed by atoms with E-state index in [1.807, 2.05) is 41.2 Å². The maximum absolute atomic E-state index is 5.20. The van der Waals surface area contributed by atoms with Gasteiger partial charge in [-0.1, -0.05) is 0 Å². The lowest BCUT2D eigenvalue weighted by Crippen LogP contribution is -2.41. The van der Waals surface area contributed by atoms with E-state index in [2.05, 4.69) is 39.6 Å². The zero-order valence-electron chi connectivity index (χ0n) is 18.0. The van der Waals surface area contributed by atoms with Gasteiger partial charge in [-0.3, -0.25) is 0 Å². The third kappa shape index (κ3) is 8.13. The van der Waals surface area contributed by atoms with Gasteiger partial charge in [0.15, 0.2) is 5.96 Å². The van der Waals surface area contributed by atoms with E-state index in [1.165, 1.54) is 0 Å². The first kappa shape index (κ1) is 22.7. The summed E-state index contributed by atoms with van der Waals surface area (Å²) in [5.41, 5.74) is 1.90. The molecule has 1 aromatic heterocycles. The van der Waals surface area contributed by atoms with E-state index in [1.54, 1.807) is 14.2 Å². The first-order chi connectivity index (χ1) is 14.2. The van der Waals surface area contributed by atoms with Gasteiger partial charge in [0, 0.05) is 46.1 Å². The van der Waals surface area contributed by atoms with Gasteiger partial charge in [-0.25, -0.2) is 9.67 Å². The Balaban J connectivity index is 1.85. The molecule has 2 N–H and O–H groups in total. The lowest BCUT2D eigenvalue weighted by molar-refractivity contribution is 0.180. The number of hydrogen-bond donors (Lipinski definition) is 2. The maximum atomic E-state index is 5.20. The Labute approximate surface area is 173 Å². The van der Waals surface area contributed by atoms with Crippen molar-refractivity contribution < 1.29 is 9.47 Å². The second-order valence-corrected chi connectivity index (χ2v) is 6.72. The molecule has 0 saturated heterocycles. The fourth-order valence-corrected chi connectivity index (χ4v) is 2.78. The number of ether oxygens (including phenoxy) is 2. The molecule has 1 heterocycles. The number of aromatic nitrogens is 2. The number of hydrogen-bond acceptors (Lipinski definition) is 5. The number of aliphatic imine (C=N–C) groups is 1. The largest absolute Gasteiger partial charge is 0.497 e. The van der Waals surface area contributed by atoms with E-state index < -0.39 is 0 Å². The molecule has 0 spiro atoms. The molecule has 8 nitrogen and oxygen atoms in total. The van der Waals surface area contributed by atoms with Crippen molar-refractivity contribution in [3.05, 3.63) is 42.2 Å². The summed E-state index contributed by atoms with van der Waals surface area (Å²) in [4.78, 5) is 6.93. The number of methoxy groups -OCH3 is 2. The Morgan fingerprint density at radius 1 is 1.14 bits per heavy atom. The van der Waals surface area contributed by atoms with E-state index in [9.17, 15) is 0 Å². The molecule has 0 fully saturated rings. The van der Waals surface area contributed by atoms with Gasteiger partial charge < -0.3 is 25.0 Å². The zero-order chi connectivity index (χ0) is 20.9. The van der Waals surface area contributed by atoms with E-state index in [0.717, 1.165) is 62.3 Å². The van der Waals surface area contributed by atoms with Crippen molar-refractivity contribution in [1.82, 2.24) is 25.3 Å². The average molecular weight is 403 g/mol. The first-order valence-corrected chi connectivity index (χ1v) is 10.0. The van der Waals surface area contributed by atoms with Crippen LogP contribution >= 0.6 is 0 Å². The number of benzene rings is 1. The van der Waals surface area contributed by atoms with Gasteiger partial charge in [0.25, 0.3) is 0 Å². The molecular formula is C21H34N6O2. The number of guanidine groups is 1. The summed E-state index contributed by atoms with van der Waals surface area (Å²) < 4.78 is 12.1. The topological polar surface area (TPSA) is 75.9 Å². The highest BCUT2D eigenvalue weighted by Crippen LogP contribution is 2.14. The summed E-state index contributed by atoms with van der Waals surface area (Å²) in [6.45, 7) is 6.98. The van der Waals surface area contributed by atoms with E-state index in [-0.39, 0.29) is 0 Å². The fraction of sp³-hybridized carbons (Fsp3) is 0.524. The molecule has 0 atom stereocenters. The summed E-state index contributed by atoms with van der Waals surface area (Å²) in [5.74, 6) is 1.63. The van der Waals surface area contributed by atoms with Crippen LogP contribution in [0.15, 0.2) is 41.5 Å². The molecule has 2 aromatic rings. The van der Waals surface area contributed by atoms with Gasteiger partial charge in [-0.05, 0) is 50.7 Å². The maximum Gasteiger partial charge on any atom is 0.191 e. The third-order valence-electron chi connectivity index (χ3n) is 4.40. The van der Waals surface area contributed by atoms with Gasteiger partial charge in [-0.2, -0.15) is 5.10 Å². The standard InChI is InChI=1S/C21H34N6O2/c1-5-22-21(23-12-15-26(2)13-6-16-28-3)24-17-18-11-14-27(25-18)19-7-9-20(29-4)10-8-19/h7-11,14H,5-6,12-13,15-17H2,1-4H3,(H2,22,23,24). The fourth-order valence-electron chi connectivity index (χ4n) is 2.78. The minimum Gasteiger partial charge on any atom is -0.497 e. The van der Waals surface area contributed by atoms with Crippen LogP contribution in [0.5, 0.6) is 5.75 Å². The summed E-state index contributed by atoms with van der Waals surface area (Å²) in [5, 5.41) is 11.3. The highest BCUT2D eigenvalue weighted by Gasteiger charge is 2.04. The molecule has 1 aromatic carbocycles. The molecule has 0 aliphatic heterocycles. The van der Waals surface area contributed by atoms with Gasteiger partial charge in [0.05, 0.1) is 25.0 Å². The Morgan fingerprint density at radius 3 is 2.62 bits per heavy atom. The van der Waals surface area contributed by atoms with Crippen LogP contribution in [0.25, 0.3) is 5.69 Å².